The van der Waals surface area contributed by atoms with Crippen molar-refractivity contribution >= 4 is 28.1 Å². The first-order chi connectivity index (χ1) is 14.9. The molecule has 2 aromatic heterocycles. The number of hydrogen-bond donors (Lipinski definition) is 1. The smallest absolute Gasteiger partial charge is 0.251 e. The van der Waals surface area contributed by atoms with E-state index in [0.717, 1.165) is 27.5 Å². The van der Waals surface area contributed by atoms with Crippen LogP contribution in [0.3, 0.4) is 0 Å². The first-order valence-corrected chi connectivity index (χ1v) is 10.9. The molecule has 0 aliphatic heterocycles. The third kappa shape index (κ3) is 4.51. The summed E-state index contributed by atoms with van der Waals surface area (Å²) in [6.45, 7) is 4.36. The summed E-state index contributed by atoms with van der Waals surface area (Å²) in [4.78, 5) is 33.3. The Morgan fingerprint density at radius 1 is 1.03 bits per heavy atom. The number of hydrogen-bond acceptors (Lipinski definition) is 4. The van der Waals surface area contributed by atoms with Gasteiger partial charge in [-0.3, -0.25) is 14.0 Å². The largest absolute Gasteiger partial charge is 0.343 e. The molecular formula is C24H24N4O2S. The number of imidazole rings is 1. The molecule has 0 saturated carbocycles. The van der Waals surface area contributed by atoms with Gasteiger partial charge in [0.1, 0.15) is 0 Å². The molecule has 0 unspecified atom stereocenters. The van der Waals surface area contributed by atoms with E-state index in [1.807, 2.05) is 66.9 Å². The van der Waals surface area contributed by atoms with E-state index in [9.17, 15) is 9.59 Å². The fourth-order valence-electron chi connectivity index (χ4n) is 3.45. The van der Waals surface area contributed by atoms with Gasteiger partial charge in [-0.15, -0.1) is 11.3 Å². The minimum Gasteiger partial charge on any atom is -0.343 e. The maximum Gasteiger partial charge on any atom is 0.251 e. The van der Waals surface area contributed by atoms with Gasteiger partial charge < -0.3 is 10.2 Å². The summed E-state index contributed by atoms with van der Waals surface area (Å²) in [5, 5.41) is 2.72. The van der Waals surface area contributed by atoms with Crippen molar-refractivity contribution in [1.82, 2.24) is 19.6 Å². The Balaban J connectivity index is 1.35. The molecule has 2 aromatic carbocycles. The van der Waals surface area contributed by atoms with E-state index < -0.39 is 0 Å². The number of benzene rings is 2. The number of aromatic nitrogens is 2. The van der Waals surface area contributed by atoms with Crippen LogP contribution in [0.4, 0.5) is 0 Å². The first kappa shape index (κ1) is 20.8. The van der Waals surface area contributed by atoms with Gasteiger partial charge in [0, 0.05) is 23.7 Å². The third-order valence-electron chi connectivity index (χ3n) is 5.21. The van der Waals surface area contributed by atoms with E-state index in [-0.39, 0.29) is 18.4 Å². The summed E-state index contributed by atoms with van der Waals surface area (Å²) >= 11 is 1.63. The lowest BCUT2D eigenvalue weighted by molar-refractivity contribution is -0.129. The van der Waals surface area contributed by atoms with Crippen molar-refractivity contribution in [3.63, 3.8) is 0 Å². The maximum absolute atomic E-state index is 12.6. The van der Waals surface area contributed by atoms with Crippen LogP contribution < -0.4 is 5.32 Å². The monoisotopic (exact) mass is 432 g/mol. The molecule has 158 valence electrons. The minimum absolute atomic E-state index is 0.0561. The average molecular weight is 433 g/mol. The van der Waals surface area contributed by atoms with Crippen LogP contribution >= 0.6 is 11.3 Å². The van der Waals surface area contributed by atoms with Crippen molar-refractivity contribution in [2.75, 3.05) is 13.6 Å². The van der Waals surface area contributed by atoms with Gasteiger partial charge in [0.25, 0.3) is 5.91 Å². The second-order valence-corrected chi connectivity index (χ2v) is 8.73. The fourth-order valence-corrected chi connectivity index (χ4v) is 4.34. The Labute approximate surface area is 185 Å². The van der Waals surface area contributed by atoms with Gasteiger partial charge in [0.15, 0.2) is 4.96 Å². The zero-order valence-corrected chi connectivity index (χ0v) is 18.6. The molecule has 0 aliphatic carbocycles. The molecule has 0 fully saturated rings. The van der Waals surface area contributed by atoms with E-state index in [0.29, 0.717) is 12.1 Å². The molecule has 0 aliphatic rings. The number of thiazole rings is 1. The lowest BCUT2D eigenvalue weighted by atomic mass is 10.0. The molecule has 31 heavy (non-hydrogen) atoms. The summed E-state index contributed by atoms with van der Waals surface area (Å²) in [5.74, 6) is -0.423. The molecule has 0 atom stereocenters. The second kappa shape index (κ2) is 8.73. The van der Waals surface area contributed by atoms with Crippen molar-refractivity contribution < 1.29 is 9.59 Å². The second-order valence-electron chi connectivity index (χ2n) is 7.51. The Hall–Kier alpha value is -3.45. The van der Waals surface area contributed by atoms with Gasteiger partial charge in [0.05, 0.1) is 24.5 Å². The number of fused-ring (bicyclic) bond motifs is 1. The van der Waals surface area contributed by atoms with E-state index >= 15 is 0 Å². The summed E-state index contributed by atoms with van der Waals surface area (Å²) in [6, 6.07) is 17.4. The molecule has 2 heterocycles. The van der Waals surface area contributed by atoms with Crippen LogP contribution in [0.5, 0.6) is 0 Å². The van der Waals surface area contributed by atoms with Crippen molar-refractivity contribution in [3.8, 4) is 11.1 Å². The van der Waals surface area contributed by atoms with Crippen LogP contribution in [-0.2, 0) is 11.3 Å². The number of aryl methyl sites for hydroxylation is 2. The van der Waals surface area contributed by atoms with Crippen molar-refractivity contribution in [2.45, 2.75) is 20.4 Å². The summed E-state index contributed by atoms with van der Waals surface area (Å²) in [6.07, 6.45) is 2.04. The molecule has 0 spiro atoms. The lowest BCUT2D eigenvalue weighted by Gasteiger charge is -2.17. The summed E-state index contributed by atoms with van der Waals surface area (Å²) < 4.78 is 2.03. The molecule has 4 aromatic rings. The van der Waals surface area contributed by atoms with Crippen LogP contribution in [0, 0.1) is 13.8 Å². The summed E-state index contributed by atoms with van der Waals surface area (Å²) in [7, 11) is 1.74. The molecular weight excluding hydrogens is 408 g/mol. The normalized spacial score (nSPS) is 10.9. The number of carbonyl (C=O) groups excluding carboxylic acids is 2. The van der Waals surface area contributed by atoms with Gasteiger partial charge in [-0.05, 0) is 37.1 Å². The average Bonchev–Trinajstić information content (AvgIpc) is 3.27. The number of rotatable bonds is 6. The predicted octanol–water partition coefficient (Wildman–Crippen LogP) is 4.07. The molecule has 4 rings (SSSR count). The maximum atomic E-state index is 12.6. The van der Waals surface area contributed by atoms with Gasteiger partial charge in [-0.25, -0.2) is 4.98 Å². The van der Waals surface area contributed by atoms with Gasteiger partial charge in [-0.1, -0.05) is 42.5 Å². The highest BCUT2D eigenvalue weighted by Crippen LogP contribution is 2.22. The van der Waals surface area contributed by atoms with Gasteiger partial charge >= 0.3 is 0 Å². The molecule has 7 heteroatoms. The lowest BCUT2D eigenvalue weighted by Crippen LogP contribution is -2.38. The fraction of sp³-hybridized carbons (Fsp3) is 0.208. The van der Waals surface area contributed by atoms with E-state index in [2.05, 4.69) is 10.3 Å². The molecule has 2 amide bonds. The molecule has 6 nitrogen and oxygen atoms in total. The topological polar surface area (TPSA) is 66.7 Å². The molecule has 0 bridgehead atoms. The van der Waals surface area contributed by atoms with Crippen LogP contribution in [-0.4, -0.2) is 39.7 Å². The number of nitrogens with one attached hydrogen (secondary N) is 1. The highest BCUT2D eigenvalue weighted by Gasteiger charge is 2.17. The Kier molecular flexibility index (Phi) is 5.86. The first-order valence-electron chi connectivity index (χ1n) is 10.0. The number of amides is 2. The number of likely N-dealkylation sites (N-methyl/N-ethyl adjacent to an activating group) is 1. The SMILES string of the molecule is Cc1cn2c(CN(C)C(=O)CNC(=O)c3ccc(-c4ccccc4)cc3)c(C)nc2s1. The summed E-state index contributed by atoms with van der Waals surface area (Å²) in [5.41, 5.74) is 4.55. The van der Waals surface area contributed by atoms with Gasteiger partial charge in [-0.2, -0.15) is 0 Å². The Morgan fingerprint density at radius 2 is 1.71 bits per heavy atom. The minimum atomic E-state index is -0.266. The zero-order valence-electron chi connectivity index (χ0n) is 17.8. The van der Waals surface area contributed by atoms with Crippen molar-refractivity contribution in [3.05, 3.63) is 82.6 Å². The standard InChI is InChI=1S/C24H24N4O2S/c1-16-14-28-21(17(2)26-24(28)31-16)15-27(3)22(29)13-25-23(30)20-11-9-19(10-12-20)18-7-5-4-6-8-18/h4-12,14H,13,15H2,1-3H3,(H,25,30). The van der Waals surface area contributed by atoms with Gasteiger partial charge in [0.2, 0.25) is 5.91 Å². The quantitative estimate of drug-likeness (QED) is 0.500. The molecule has 0 saturated heterocycles. The van der Waals surface area contributed by atoms with E-state index in [4.69, 9.17) is 0 Å². The highest BCUT2D eigenvalue weighted by molar-refractivity contribution is 7.17. The van der Waals surface area contributed by atoms with Crippen molar-refractivity contribution in [1.29, 1.82) is 0 Å². The van der Waals surface area contributed by atoms with Crippen molar-refractivity contribution in [2.24, 2.45) is 0 Å². The Morgan fingerprint density at radius 3 is 2.42 bits per heavy atom. The third-order valence-corrected chi connectivity index (χ3v) is 6.11. The van der Waals surface area contributed by atoms with Crippen LogP contribution in [0.15, 0.2) is 60.8 Å². The predicted molar refractivity (Wildman–Crippen MR) is 123 cm³/mol. The van der Waals surface area contributed by atoms with E-state index in [1.165, 1.54) is 4.88 Å². The van der Waals surface area contributed by atoms with Crippen LogP contribution in [0.2, 0.25) is 0 Å². The van der Waals surface area contributed by atoms with E-state index in [1.54, 1.807) is 35.4 Å². The molecule has 1 N–H and O–H groups in total. The van der Waals surface area contributed by atoms with Crippen LogP contribution in [0.25, 0.3) is 16.1 Å². The highest BCUT2D eigenvalue weighted by atomic mass is 32.1. The zero-order chi connectivity index (χ0) is 22.0. The number of nitrogens with zero attached hydrogens (tertiary/aromatic N) is 3. The molecule has 0 radical (unpaired) electrons. The van der Waals surface area contributed by atoms with Crippen LogP contribution in [0.1, 0.15) is 26.6 Å². The Bertz CT molecular complexity index is 1230. The number of carbonyl (C=O) groups is 2.